The average Bonchev–Trinajstić information content (AvgIpc) is 3.04. The number of carbonyl (C=O) groups is 1. The molecule has 6 heteroatoms. The normalized spacial score (nSPS) is 25.6. The highest BCUT2D eigenvalue weighted by Gasteiger charge is 2.56. The van der Waals surface area contributed by atoms with Crippen LogP contribution in [0, 0.1) is 16.7 Å². The van der Waals surface area contributed by atoms with Gasteiger partial charge >= 0.3 is 7.12 Å². The summed E-state index contributed by atoms with van der Waals surface area (Å²) in [5, 5.41) is 4.15. The zero-order valence-electron chi connectivity index (χ0n) is 25.2. The Kier molecular flexibility index (Phi) is 8.41. The highest BCUT2D eigenvalue weighted by molar-refractivity contribution is 6.45. The molecule has 2 aliphatic rings. The van der Waals surface area contributed by atoms with Crippen LogP contribution in [0.1, 0.15) is 103 Å². The lowest BCUT2D eigenvalue weighted by Crippen LogP contribution is -2.60. The van der Waals surface area contributed by atoms with Crippen LogP contribution in [-0.2, 0) is 14.8 Å². The zero-order valence-corrected chi connectivity index (χ0v) is 26.0. The van der Waals surface area contributed by atoms with Crippen molar-refractivity contribution >= 4 is 24.6 Å². The molecule has 1 amide bonds. The van der Waals surface area contributed by atoms with Gasteiger partial charge in [0.25, 0.3) is 5.91 Å². The van der Waals surface area contributed by atoms with E-state index in [0.29, 0.717) is 16.5 Å². The minimum absolute atomic E-state index is 0.0242. The predicted molar refractivity (Wildman–Crippen MR) is 162 cm³/mol. The molecule has 1 unspecified atom stereocenters. The number of rotatable bonds is 9. The standard InChI is InChI=1S/C33H47BClNO3/c1-29(2,3)32(8,20-12-13-21-34-38-30(4,5)31(6,7)39-34)26-22-33(23-26,25-16-18-27(35)19-17-25)36-28(37)24-14-10-9-11-15-24/h9-11,14-19,26H,12-13,20-23H2,1-8H3,(H,36,37). The Hall–Kier alpha value is -1.82. The molecule has 1 aliphatic heterocycles. The van der Waals surface area contributed by atoms with Crippen LogP contribution in [0.15, 0.2) is 54.6 Å². The number of unbranched alkanes of at least 4 members (excludes halogenated alkanes) is 1. The second kappa shape index (κ2) is 10.9. The number of carbonyl (C=O) groups excluding carboxylic acids is 1. The Bertz CT molecular complexity index is 1120. The van der Waals surface area contributed by atoms with E-state index in [1.807, 2.05) is 42.5 Å². The van der Waals surface area contributed by atoms with E-state index in [1.54, 1.807) is 0 Å². The van der Waals surface area contributed by atoms with Crippen LogP contribution in [0.3, 0.4) is 0 Å². The smallest absolute Gasteiger partial charge is 0.403 e. The summed E-state index contributed by atoms with van der Waals surface area (Å²) >= 11 is 6.23. The summed E-state index contributed by atoms with van der Waals surface area (Å²) in [6, 6.07) is 17.5. The molecule has 1 saturated carbocycles. The molecule has 1 aliphatic carbocycles. The zero-order chi connectivity index (χ0) is 28.7. The Morgan fingerprint density at radius 3 is 2.03 bits per heavy atom. The van der Waals surface area contributed by atoms with Crippen LogP contribution in [0.25, 0.3) is 0 Å². The molecular weight excluding hydrogens is 505 g/mol. The second-order valence-electron chi connectivity index (χ2n) is 14.1. The van der Waals surface area contributed by atoms with Gasteiger partial charge < -0.3 is 14.6 Å². The number of amides is 1. The Morgan fingerprint density at radius 1 is 0.923 bits per heavy atom. The summed E-state index contributed by atoms with van der Waals surface area (Å²) in [4.78, 5) is 13.3. The van der Waals surface area contributed by atoms with Gasteiger partial charge in [-0.2, -0.15) is 0 Å². The lowest BCUT2D eigenvalue weighted by Gasteiger charge is -2.59. The minimum atomic E-state index is -0.391. The van der Waals surface area contributed by atoms with E-state index in [4.69, 9.17) is 20.9 Å². The first-order chi connectivity index (χ1) is 18.1. The molecule has 1 atom stereocenters. The molecule has 2 aromatic rings. The van der Waals surface area contributed by atoms with Gasteiger partial charge in [-0.25, -0.2) is 0 Å². The molecule has 1 heterocycles. The number of hydrogen-bond donors (Lipinski definition) is 1. The molecule has 0 radical (unpaired) electrons. The van der Waals surface area contributed by atoms with E-state index >= 15 is 0 Å². The summed E-state index contributed by atoms with van der Waals surface area (Å²) in [5.41, 5.74) is 1.11. The number of hydrogen-bond acceptors (Lipinski definition) is 3. The molecule has 2 fully saturated rings. The van der Waals surface area contributed by atoms with Gasteiger partial charge in [0.2, 0.25) is 0 Å². The van der Waals surface area contributed by atoms with Crippen molar-refractivity contribution in [3.63, 3.8) is 0 Å². The third-order valence-electron chi connectivity index (χ3n) is 10.3. The fraction of sp³-hybridized carbons (Fsp3) is 0.606. The summed E-state index contributed by atoms with van der Waals surface area (Å²) in [5.74, 6) is 0.463. The molecule has 212 valence electrons. The highest BCUT2D eigenvalue weighted by Crippen LogP contribution is 2.60. The van der Waals surface area contributed by atoms with Crippen molar-refractivity contribution in [3.8, 4) is 0 Å². The summed E-state index contributed by atoms with van der Waals surface area (Å²) in [6.07, 6.45) is 6.07. The molecule has 0 bridgehead atoms. The van der Waals surface area contributed by atoms with E-state index in [1.165, 1.54) is 0 Å². The van der Waals surface area contributed by atoms with Crippen molar-refractivity contribution in [3.05, 3.63) is 70.7 Å². The Labute approximate surface area is 241 Å². The van der Waals surface area contributed by atoms with Crippen LogP contribution in [0.2, 0.25) is 11.3 Å². The molecule has 1 N–H and O–H groups in total. The van der Waals surface area contributed by atoms with Gasteiger partial charge in [0.05, 0.1) is 16.7 Å². The van der Waals surface area contributed by atoms with Crippen molar-refractivity contribution in [2.75, 3.05) is 0 Å². The van der Waals surface area contributed by atoms with Crippen molar-refractivity contribution in [1.29, 1.82) is 0 Å². The lowest BCUT2D eigenvalue weighted by atomic mass is 9.48. The molecule has 0 spiro atoms. The van der Waals surface area contributed by atoms with Gasteiger partial charge in [0.1, 0.15) is 0 Å². The van der Waals surface area contributed by atoms with Gasteiger partial charge in [-0.15, -0.1) is 0 Å². The largest absolute Gasteiger partial charge is 0.457 e. The van der Waals surface area contributed by atoms with Crippen molar-refractivity contribution in [1.82, 2.24) is 5.32 Å². The maximum Gasteiger partial charge on any atom is 0.457 e. The van der Waals surface area contributed by atoms with Gasteiger partial charge in [0, 0.05) is 10.6 Å². The molecule has 4 rings (SSSR count). The van der Waals surface area contributed by atoms with E-state index in [2.05, 4.69) is 72.8 Å². The lowest BCUT2D eigenvalue weighted by molar-refractivity contribution is -0.0656. The maximum atomic E-state index is 13.3. The summed E-state index contributed by atoms with van der Waals surface area (Å²) in [6.45, 7) is 18.0. The molecule has 4 nitrogen and oxygen atoms in total. The number of halogens is 1. The van der Waals surface area contributed by atoms with Crippen LogP contribution in [0.5, 0.6) is 0 Å². The van der Waals surface area contributed by atoms with Crippen LogP contribution >= 0.6 is 11.6 Å². The fourth-order valence-corrected chi connectivity index (χ4v) is 6.49. The number of benzene rings is 2. The topological polar surface area (TPSA) is 47.6 Å². The van der Waals surface area contributed by atoms with E-state index < -0.39 is 5.54 Å². The highest BCUT2D eigenvalue weighted by atomic mass is 35.5. The van der Waals surface area contributed by atoms with Crippen molar-refractivity contribution in [2.24, 2.45) is 16.7 Å². The van der Waals surface area contributed by atoms with Gasteiger partial charge in [0.15, 0.2) is 0 Å². The minimum Gasteiger partial charge on any atom is -0.403 e. The quantitative estimate of drug-likeness (QED) is 0.250. The maximum absolute atomic E-state index is 13.3. The van der Waals surface area contributed by atoms with Gasteiger partial charge in [-0.3, -0.25) is 4.79 Å². The fourth-order valence-electron chi connectivity index (χ4n) is 6.37. The van der Waals surface area contributed by atoms with Crippen molar-refractivity contribution < 1.29 is 14.1 Å². The molecule has 2 aromatic carbocycles. The Morgan fingerprint density at radius 2 is 1.49 bits per heavy atom. The van der Waals surface area contributed by atoms with Gasteiger partial charge in [-0.05, 0) is 99.9 Å². The molecule has 1 saturated heterocycles. The Balaban J connectivity index is 1.46. The first-order valence-corrected chi connectivity index (χ1v) is 15.0. The van der Waals surface area contributed by atoms with Gasteiger partial charge in [-0.1, -0.05) is 82.5 Å². The number of nitrogens with one attached hydrogen (secondary N) is 1. The summed E-state index contributed by atoms with van der Waals surface area (Å²) in [7, 11) is -0.134. The van der Waals surface area contributed by atoms with Crippen LogP contribution < -0.4 is 5.32 Å². The third-order valence-corrected chi connectivity index (χ3v) is 10.5. The third kappa shape index (κ3) is 6.11. The molecular formula is C33H47BClNO3. The molecule has 39 heavy (non-hydrogen) atoms. The second-order valence-corrected chi connectivity index (χ2v) is 14.5. The SMILES string of the molecule is CC(C)(C)C(C)(CCCCB1OC(C)(C)C(C)(C)O1)C1CC(NC(=O)c2ccccc2)(c2ccc(Cl)cc2)C1. The first-order valence-electron chi connectivity index (χ1n) is 14.6. The molecule has 0 aromatic heterocycles. The van der Waals surface area contributed by atoms with Crippen LogP contribution in [-0.4, -0.2) is 24.2 Å². The van der Waals surface area contributed by atoms with E-state index in [9.17, 15) is 4.79 Å². The predicted octanol–water partition coefficient (Wildman–Crippen LogP) is 8.69. The summed E-state index contributed by atoms with van der Waals surface area (Å²) < 4.78 is 12.5. The monoisotopic (exact) mass is 551 g/mol. The average molecular weight is 552 g/mol. The van der Waals surface area contributed by atoms with E-state index in [-0.39, 0.29) is 35.1 Å². The first kappa shape index (κ1) is 30.2. The van der Waals surface area contributed by atoms with Crippen LogP contribution in [0.4, 0.5) is 0 Å². The van der Waals surface area contributed by atoms with E-state index in [0.717, 1.165) is 44.0 Å². The van der Waals surface area contributed by atoms with Crippen molar-refractivity contribution in [2.45, 2.75) is 111 Å².